The second kappa shape index (κ2) is 4.71. The summed E-state index contributed by atoms with van der Waals surface area (Å²) in [5.41, 5.74) is 5.43. The molecule has 1 saturated heterocycles. The number of nitrogens with zero attached hydrogens (tertiary/aromatic N) is 1. The highest BCUT2D eigenvalue weighted by Crippen LogP contribution is 2.27. The fraction of sp³-hybridized carbons (Fsp3) is 1.00. The van der Waals surface area contributed by atoms with Crippen LogP contribution in [0.4, 0.5) is 8.78 Å². The van der Waals surface area contributed by atoms with E-state index in [9.17, 15) is 17.2 Å². The SMILES string of the molecule is CC1CCCN(S(=O)(=O)C(F)F)C1CN. The van der Waals surface area contributed by atoms with Crippen LogP contribution in [0.2, 0.25) is 0 Å². The number of alkyl halides is 2. The van der Waals surface area contributed by atoms with Crippen molar-refractivity contribution in [2.24, 2.45) is 11.7 Å². The van der Waals surface area contributed by atoms with Gasteiger partial charge in [-0.05, 0) is 18.8 Å². The molecular weight excluding hydrogens is 226 g/mol. The van der Waals surface area contributed by atoms with E-state index in [0.29, 0.717) is 6.42 Å². The lowest BCUT2D eigenvalue weighted by atomic mass is 9.93. The normalized spacial score (nSPS) is 29.7. The molecule has 1 aliphatic heterocycles. The predicted molar refractivity (Wildman–Crippen MR) is 52.9 cm³/mol. The predicted octanol–water partition coefficient (Wildman–Crippen LogP) is 0.598. The molecule has 0 aromatic rings. The molecule has 0 saturated carbocycles. The van der Waals surface area contributed by atoms with Crippen LogP contribution in [0.1, 0.15) is 19.8 Å². The van der Waals surface area contributed by atoms with E-state index in [4.69, 9.17) is 5.73 Å². The summed E-state index contributed by atoms with van der Waals surface area (Å²) in [4.78, 5) is 0. The first-order valence-corrected chi connectivity index (χ1v) is 6.40. The Labute approximate surface area is 88.5 Å². The van der Waals surface area contributed by atoms with Crippen LogP contribution in [0.25, 0.3) is 0 Å². The van der Waals surface area contributed by atoms with Crippen LogP contribution in [0.15, 0.2) is 0 Å². The van der Waals surface area contributed by atoms with Crippen LogP contribution >= 0.6 is 0 Å². The second-order valence-corrected chi connectivity index (χ2v) is 5.69. The van der Waals surface area contributed by atoms with E-state index >= 15 is 0 Å². The molecule has 15 heavy (non-hydrogen) atoms. The highest BCUT2D eigenvalue weighted by Gasteiger charge is 2.40. The van der Waals surface area contributed by atoms with Crippen molar-refractivity contribution in [2.45, 2.75) is 31.6 Å². The number of halogens is 2. The fourth-order valence-corrected chi connectivity index (χ4v) is 3.24. The third kappa shape index (κ3) is 2.46. The second-order valence-electron chi connectivity index (χ2n) is 3.84. The topological polar surface area (TPSA) is 63.4 Å². The first kappa shape index (κ1) is 12.8. The Kier molecular flexibility index (Phi) is 4.02. The Bertz CT molecular complexity index is 308. The minimum absolute atomic E-state index is 0.0391. The average molecular weight is 242 g/mol. The molecule has 1 heterocycles. The Balaban J connectivity index is 2.92. The monoisotopic (exact) mass is 242 g/mol. The molecule has 0 amide bonds. The number of sulfonamides is 1. The summed E-state index contributed by atoms with van der Waals surface area (Å²) < 4.78 is 48.2. The summed E-state index contributed by atoms with van der Waals surface area (Å²) in [6.07, 6.45) is 1.45. The Morgan fingerprint density at radius 3 is 2.60 bits per heavy atom. The lowest BCUT2D eigenvalue weighted by Gasteiger charge is -2.37. The highest BCUT2D eigenvalue weighted by atomic mass is 32.2. The molecule has 0 aromatic heterocycles. The van der Waals surface area contributed by atoms with Crippen LogP contribution in [-0.4, -0.2) is 37.6 Å². The van der Waals surface area contributed by atoms with E-state index in [1.807, 2.05) is 6.92 Å². The van der Waals surface area contributed by atoms with Gasteiger partial charge in [-0.15, -0.1) is 0 Å². The lowest BCUT2D eigenvalue weighted by molar-refractivity contribution is 0.164. The molecule has 2 atom stereocenters. The van der Waals surface area contributed by atoms with E-state index in [-0.39, 0.29) is 19.0 Å². The van der Waals surface area contributed by atoms with E-state index < -0.39 is 21.8 Å². The molecule has 0 aliphatic carbocycles. The first-order chi connectivity index (χ1) is 6.91. The van der Waals surface area contributed by atoms with Crippen LogP contribution in [0, 0.1) is 5.92 Å². The molecule has 0 spiro atoms. The smallest absolute Gasteiger partial charge is 0.329 e. The number of piperidine rings is 1. The lowest BCUT2D eigenvalue weighted by Crippen LogP contribution is -2.52. The Morgan fingerprint density at radius 2 is 2.13 bits per heavy atom. The van der Waals surface area contributed by atoms with Gasteiger partial charge in [-0.25, -0.2) is 8.42 Å². The zero-order chi connectivity index (χ0) is 11.6. The van der Waals surface area contributed by atoms with Crippen molar-refractivity contribution in [3.63, 3.8) is 0 Å². The van der Waals surface area contributed by atoms with Gasteiger partial charge in [0.15, 0.2) is 0 Å². The van der Waals surface area contributed by atoms with Crippen molar-refractivity contribution in [3.05, 3.63) is 0 Å². The van der Waals surface area contributed by atoms with E-state index in [1.54, 1.807) is 0 Å². The summed E-state index contributed by atoms with van der Waals surface area (Å²) in [6.45, 7) is 2.08. The molecule has 2 N–H and O–H groups in total. The van der Waals surface area contributed by atoms with Crippen LogP contribution < -0.4 is 5.73 Å². The van der Waals surface area contributed by atoms with Gasteiger partial charge >= 0.3 is 5.76 Å². The fourth-order valence-electron chi connectivity index (χ4n) is 1.98. The maximum absolute atomic E-state index is 12.4. The van der Waals surface area contributed by atoms with Crippen LogP contribution in [0.3, 0.4) is 0 Å². The van der Waals surface area contributed by atoms with Gasteiger partial charge in [0.1, 0.15) is 0 Å². The number of rotatable bonds is 3. The Morgan fingerprint density at radius 1 is 1.53 bits per heavy atom. The van der Waals surface area contributed by atoms with Gasteiger partial charge in [0, 0.05) is 19.1 Å². The molecule has 90 valence electrons. The quantitative estimate of drug-likeness (QED) is 0.788. The van der Waals surface area contributed by atoms with Gasteiger partial charge in [0.2, 0.25) is 0 Å². The molecule has 1 fully saturated rings. The third-order valence-electron chi connectivity index (χ3n) is 2.86. The molecule has 4 nitrogen and oxygen atoms in total. The largest absolute Gasteiger partial charge is 0.350 e. The van der Waals surface area contributed by atoms with Crippen molar-refractivity contribution in [2.75, 3.05) is 13.1 Å². The Hall–Kier alpha value is -0.270. The summed E-state index contributed by atoms with van der Waals surface area (Å²) in [6, 6.07) is -0.488. The molecule has 0 radical (unpaired) electrons. The number of hydrogen-bond acceptors (Lipinski definition) is 3. The van der Waals surface area contributed by atoms with Gasteiger partial charge in [-0.1, -0.05) is 6.92 Å². The summed E-state index contributed by atoms with van der Waals surface area (Å²) >= 11 is 0. The number of nitrogens with two attached hydrogens (primary N) is 1. The van der Waals surface area contributed by atoms with E-state index in [0.717, 1.165) is 10.7 Å². The van der Waals surface area contributed by atoms with Crippen molar-refractivity contribution >= 4 is 10.0 Å². The molecule has 0 bridgehead atoms. The molecule has 0 aromatic carbocycles. The van der Waals surface area contributed by atoms with E-state index in [2.05, 4.69) is 0 Å². The molecule has 1 rings (SSSR count). The third-order valence-corrected chi connectivity index (χ3v) is 4.42. The van der Waals surface area contributed by atoms with Gasteiger partial charge in [0.25, 0.3) is 10.0 Å². The van der Waals surface area contributed by atoms with Gasteiger partial charge in [-0.2, -0.15) is 13.1 Å². The van der Waals surface area contributed by atoms with Crippen molar-refractivity contribution in [1.82, 2.24) is 4.31 Å². The maximum atomic E-state index is 12.4. The molecule has 1 aliphatic rings. The highest BCUT2D eigenvalue weighted by molar-refractivity contribution is 7.89. The van der Waals surface area contributed by atoms with Crippen LogP contribution in [0.5, 0.6) is 0 Å². The van der Waals surface area contributed by atoms with Gasteiger partial charge in [-0.3, -0.25) is 0 Å². The maximum Gasteiger partial charge on any atom is 0.350 e. The van der Waals surface area contributed by atoms with Crippen LogP contribution in [-0.2, 0) is 10.0 Å². The summed E-state index contributed by atoms with van der Waals surface area (Å²) in [5, 5.41) is 0. The first-order valence-electron chi connectivity index (χ1n) is 4.90. The zero-order valence-electron chi connectivity index (χ0n) is 8.57. The van der Waals surface area contributed by atoms with Gasteiger partial charge < -0.3 is 5.73 Å². The van der Waals surface area contributed by atoms with Crippen molar-refractivity contribution in [1.29, 1.82) is 0 Å². The van der Waals surface area contributed by atoms with Gasteiger partial charge in [0.05, 0.1) is 0 Å². The van der Waals surface area contributed by atoms with Crippen molar-refractivity contribution in [3.8, 4) is 0 Å². The number of hydrogen-bond donors (Lipinski definition) is 1. The minimum atomic E-state index is -4.47. The summed E-state index contributed by atoms with van der Waals surface area (Å²) in [7, 11) is -4.47. The average Bonchev–Trinajstić information content (AvgIpc) is 2.17. The standard InChI is InChI=1S/C8H16F2N2O2S/c1-6-3-2-4-12(7(6)5-11)15(13,14)8(9)10/h6-8H,2-5,11H2,1H3. The zero-order valence-corrected chi connectivity index (χ0v) is 9.38. The minimum Gasteiger partial charge on any atom is -0.329 e. The van der Waals surface area contributed by atoms with Crippen molar-refractivity contribution < 1.29 is 17.2 Å². The summed E-state index contributed by atoms with van der Waals surface area (Å²) in [5.74, 6) is -3.31. The molecule has 7 heteroatoms. The molecular formula is C8H16F2N2O2S. The molecule has 2 unspecified atom stereocenters. The van der Waals surface area contributed by atoms with E-state index in [1.165, 1.54) is 0 Å².